The number of cyclic esters (lactones) is 1. The molecule has 0 amide bonds. The Kier molecular flexibility index (Phi) is 3.57. The number of hydrogen-bond acceptors (Lipinski definition) is 5. The van der Waals surface area contributed by atoms with E-state index in [1.165, 1.54) is 24.3 Å². The molecule has 5 nitrogen and oxygen atoms in total. The van der Waals surface area contributed by atoms with Crippen molar-refractivity contribution in [3.05, 3.63) is 63.5 Å². The molecule has 0 atom stereocenters. The van der Waals surface area contributed by atoms with Crippen LogP contribution in [0.25, 0.3) is 6.08 Å². The third-order valence-corrected chi connectivity index (χ3v) is 4.05. The summed E-state index contributed by atoms with van der Waals surface area (Å²) in [6.45, 7) is 0.156. The van der Waals surface area contributed by atoms with E-state index >= 15 is 0 Å². The Morgan fingerprint density at radius 3 is 2.75 bits per heavy atom. The lowest BCUT2D eigenvalue weighted by molar-refractivity contribution is -0.129. The van der Waals surface area contributed by atoms with Crippen molar-refractivity contribution in [2.75, 3.05) is 6.79 Å². The summed E-state index contributed by atoms with van der Waals surface area (Å²) in [7, 11) is 0. The normalized spacial score (nSPS) is 17.2. The molecule has 0 spiro atoms. The highest BCUT2D eigenvalue weighted by Gasteiger charge is 2.25. The van der Waals surface area contributed by atoms with Crippen LogP contribution in [0.15, 0.2) is 51.6 Å². The molecule has 120 valence electrons. The van der Waals surface area contributed by atoms with Crippen LogP contribution in [0, 0.1) is 5.82 Å². The van der Waals surface area contributed by atoms with E-state index in [0.29, 0.717) is 22.6 Å². The fourth-order valence-corrected chi connectivity index (χ4v) is 2.93. The Morgan fingerprint density at radius 1 is 1.17 bits per heavy atom. The number of aliphatic imine (C=N–C) groups is 1. The molecule has 0 radical (unpaired) electrons. The number of carbonyl (C=O) groups is 1. The van der Waals surface area contributed by atoms with E-state index in [-0.39, 0.29) is 24.2 Å². The second kappa shape index (κ2) is 5.76. The van der Waals surface area contributed by atoms with E-state index in [0.717, 1.165) is 4.47 Å². The van der Waals surface area contributed by atoms with E-state index in [4.69, 9.17) is 14.2 Å². The average molecular weight is 390 g/mol. The van der Waals surface area contributed by atoms with E-state index in [1.807, 2.05) is 0 Å². The van der Waals surface area contributed by atoms with Gasteiger partial charge in [-0.3, -0.25) is 0 Å². The summed E-state index contributed by atoms with van der Waals surface area (Å²) >= 11 is 3.40. The minimum atomic E-state index is -0.567. The van der Waals surface area contributed by atoms with Crippen molar-refractivity contribution in [1.29, 1.82) is 0 Å². The predicted octanol–water partition coefficient (Wildman–Crippen LogP) is 3.66. The van der Waals surface area contributed by atoms with Crippen molar-refractivity contribution in [3.8, 4) is 11.5 Å². The molecule has 0 saturated heterocycles. The number of carbonyl (C=O) groups excluding carboxylic acids is 1. The molecule has 0 aliphatic carbocycles. The molecule has 2 aliphatic rings. The monoisotopic (exact) mass is 389 g/mol. The van der Waals surface area contributed by atoms with Crippen LogP contribution in [0.1, 0.15) is 11.1 Å². The SMILES string of the molecule is O=C1OC(c2ccc(F)cc2)=N/C1=C\c1cc(Br)c2c(c1)OCO2. The maximum atomic E-state index is 13.0. The van der Waals surface area contributed by atoms with Gasteiger partial charge in [-0.2, -0.15) is 0 Å². The Balaban J connectivity index is 1.68. The van der Waals surface area contributed by atoms with Gasteiger partial charge in [0, 0.05) is 5.56 Å². The van der Waals surface area contributed by atoms with Crippen molar-refractivity contribution in [2.45, 2.75) is 0 Å². The van der Waals surface area contributed by atoms with Crippen molar-refractivity contribution in [1.82, 2.24) is 0 Å². The smallest absolute Gasteiger partial charge is 0.363 e. The summed E-state index contributed by atoms with van der Waals surface area (Å²) in [5, 5.41) is 0. The van der Waals surface area contributed by atoms with Crippen LogP contribution in [0.5, 0.6) is 11.5 Å². The van der Waals surface area contributed by atoms with Gasteiger partial charge >= 0.3 is 5.97 Å². The number of halogens is 2. The average Bonchev–Trinajstić information content (AvgIpc) is 3.16. The Labute approximate surface area is 144 Å². The molecule has 0 N–H and O–H groups in total. The highest BCUT2D eigenvalue weighted by Crippen LogP contribution is 2.40. The molecule has 0 unspecified atom stereocenters. The van der Waals surface area contributed by atoms with E-state index < -0.39 is 5.97 Å². The molecule has 0 bridgehead atoms. The molecular formula is C17H9BrFNO4. The van der Waals surface area contributed by atoms with Crippen LogP contribution in [0.2, 0.25) is 0 Å². The maximum absolute atomic E-state index is 13.0. The molecule has 4 rings (SSSR count). The van der Waals surface area contributed by atoms with Crippen LogP contribution in [0.3, 0.4) is 0 Å². The third-order valence-electron chi connectivity index (χ3n) is 3.46. The zero-order valence-electron chi connectivity index (χ0n) is 12.1. The van der Waals surface area contributed by atoms with Crippen molar-refractivity contribution >= 4 is 33.9 Å². The van der Waals surface area contributed by atoms with Gasteiger partial charge in [0.15, 0.2) is 17.2 Å². The van der Waals surface area contributed by atoms with Gasteiger partial charge in [-0.25, -0.2) is 14.2 Å². The summed E-state index contributed by atoms with van der Waals surface area (Å²) in [5.41, 5.74) is 1.39. The summed E-state index contributed by atoms with van der Waals surface area (Å²) in [6, 6.07) is 9.10. The molecule has 2 heterocycles. The van der Waals surface area contributed by atoms with Crippen LogP contribution < -0.4 is 9.47 Å². The van der Waals surface area contributed by atoms with Gasteiger partial charge in [-0.05, 0) is 64.0 Å². The van der Waals surface area contributed by atoms with Gasteiger partial charge in [0.05, 0.1) is 4.47 Å². The number of esters is 1. The summed E-state index contributed by atoms with van der Waals surface area (Å²) in [5.74, 6) is 0.422. The summed E-state index contributed by atoms with van der Waals surface area (Å²) in [4.78, 5) is 16.2. The first-order valence-corrected chi connectivity index (χ1v) is 7.77. The number of benzene rings is 2. The maximum Gasteiger partial charge on any atom is 0.363 e. The number of fused-ring (bicyclic) bond motifs is 1. The lowest BCUT2D eigenvalue weighted by Gasteiger charge is -2.01. The number of ether oxygens (including phenoxy) is 3. The number of rotatable bonds is 2. The molecule has 2 aromatic carbocycles. The molecule has 2 aromatic rings. The van der Waals surface area contributed by atoms with Crippen molar-refractivity contribution in [3.63, 3.8) is 0 Å². The molecule has 0 aromatic heterocycles. The largest absolute Gasteiger partial charge is 0.454 e. The molecule has 24 heavy (non-hydrogen) atoms. The van der Waals surface area contributed by atoms with Crippen LogP contribution in [0.4, 0.5) is 4.39 Å². The minimum absolute atomic E-state index is 0.144. The van der Waals surface area contributed by atoms with E-state index in [9.17, 15) is 9.18 Å². The Bertz CT molecular complexity index is 906. The van der Waals surface area contributed by atoms with Gasteiger partial charge in [-0.1, -0.05) is 0 Å². The van der Waals surface area contributed by atoms with Crippen LogP contribution >= 0.6 is 15.9 Å². The molecule has 2 aliphatic heterocycles. The lowest BCUT2D eigenvalue weighted by Crippen LogP contribution is -2.05. The topological polar surface area (TPSA) is 57.1 Å². The molecular weight excluding hydrogens is 381 g/mol. The van der Waals surface area contributed by atoms with Crippen molar-refractivity contribution in [2.24, 2.45) is 4.99 Å². The molecule has 0 saturated carbocycles. The zero-order valence-corrected chi connectivity index (χ0v) is 13.7. The van der Waals surface area contributed by atoms with Crippen LogP contribution in [-0.2, 0) is 9.53 Å². The minimum Gasteiger partial charge on any atom is -0.454 e. The molecule has 7 heteroatoms. The highest BCUT2D eigenvalue weighted by molar-refractivity contribution is 9.10. The van der Waals surface area contributed by atoms with Gasteiger partial charge in [0.25, 0.3) is 0 Å². The van der Waals surface area contributed by atoms with Gasteiger partial charge in [-0.15, -0.1) is 0 Å². The van der Waals surface area contributed by atoms with Crippen LogP contribution in [-0.4, -0.2) is 18.7 Å². The second-order valence-corrected chi connectivity index (χ2v) is 5.93. The van der Waals surface area contributed by atoms with Crippen molar-refractivity contribution < 1.29 is 23.4 Å². The fraction of sp³-hybridized carbons (Fsp3) is 0.0588. The Morgan fingerprint density at radius 2 is 1.96 bits per heavy atom. The molecule has 0 fully saturated rings. The summed E-state index contributed by atoms with van der Waals surface area (Å²) in [6.07, 6.45) is 1.59. The standard InChI is InChI=1S/C17H9BrFNO4/c18-12-5-9(7-14-15(12)23-8-22-14)6-13-17(21)24-16(20-13)10-1-3-11(19)4-2-10/h1-7H,8H2/b13-6-. The fourth-order valence-electron chi connectivity index (χ4n) is 2.35. The van der Waals surface area contributed by atoms with Gasteiger partial charge < -0.3 is 14.2 Å². The number of hydrogen-bond donors (Lipinski definition) is 0. The second-order valence-electron chi connectivity index (χ2n) is 5.08. The van der Waals surface area contributed by atoms with Gasteiger partial charge in [0.1, 0.15) is 5.82 Å². The first-order valence-electron chi connectivity index (χ1n) is 6.98. The first-order chi connectivity index (χ1) is 11.6. The Hall–Kier alpha value is -2.67. The lowest BCUT2D eigenvalue weighted by atomic mass is 10.1. The highest BCUT2D eigenvalue weighted by atomic mass is 79.9. The first kappa shape index (κ1) is 14.9. The van der Waals surface area contributed by atoms with E-state index in [1.54, 1.807) is 18.2 Å². The summed E-state index contributed by atoms with van der Waals surface area (Å²) < 4.78 is 29.5. The number of nitrogens with zero attached hydrogens (tertiary/aromatic N) is 1. The predicted molar refractivity (Wildman–Crippen MR) is 87.3 cm³/mol. The van der Waals surface area contributed by atoms with E-state index in [2.05, 4.69) is 20.9 Å². The zero-order chi connectivity index (χ0) is 16.7. The third kappa shape index (κ3) is 2.67. The quantitative estimate of drug-likeness (QED) is 0.580. The van der Waals surface area contributed by atoms with Gasteiger partial charge in [0.2, 0.25) is 12.7 Å².